The van der Waals surface area contributed by atoms with Gasteiger partial charge in [-0.25, -0.2) is 0 Å². The van der Waals surface area contributed by atoms with Gasteiger partial charge < -0.3 is 9.80 Å². The van der Waals surface area contributed by atoms with Crippen molar-refractivity contribution in [1.82, 2.24) is 9.80 Å². The molecule has 4 nitrogen and oxygen atoms in total. The van der Waals surface area contributed by atoms with E-state index in [0.717, 1.165) is 26.2 Å². The van der Waals surface area contributed by atoms with E-state index in [0.29, 0.717) is 0 Å². The Morgan fingerprint density at radius 3 is 1.55 bits per heavy atom. The minimum Gasteiger partial charge on any atom is -0.378 e. The Morgan fingerprint density at radius 1 is 0.667 bits per heavy atom. The molecule has 0 spiro atoms. The van der Waals surface area contributed by atoms with Crippen molar-refractivity contribution < 1.29 is 0 Å². The highest BCUT2D eigenvalue weighted by Crippen LogP contribution is 2.24. The molecule has 3 aromatic rings. The monoisotopic (exact) mass is 440 g/mol. The summed E-state index contributed by atoms with van der Waals surface area (Å²) in [6.45, 7) is 4.03. The third-order valence-electron chi connectivity index (χ3n) is 6.36. The summed E-state index contributed by atoms with van der Waals surface area (Å²) < 4.78 is 0. The minimum atomic E-state index is 0.271. The summed E-state index contributed by atoms with van der Waals surface area (Å²) in [5, 5.41) is 0. The molecule has 0 bridgehead atoms. The van der Waals surface area contributed by atoms with E-state index in [9.17, 15) is 0 Å². The molecule has 33 heavy (non-hydrogen) atoms. The van der Waals surface area contributed by atoms with E-state index >= 15 is 0 Å². The van der Waals surface area contributed by atoms with Crippen LogP contribution in [0.2, 0.25) is 0 Å². The van der Waals surface area contributed by atoms with Crippen molar-refractivity contribution in [2.45, 2.75) is 19.3 Å². The van der Waals surface area contributed by atoms with Gasteiger partial charge in [-0.1, -0.05) is 66.7 Å². The summed E-state index contributed by atoms with van der Waals surface area (Å²) in [7, 11) is 8.34. The molecule has 4 heteroatoms. The average molecular weight is 441 g/mol. The molecule has 1 saturated heterocycles. The highest BCUT2D eigenvalue weighted by molar-refractivity contribution is 5.50. The largest absolute Gasteiger partial charge is 0.378 e. The molecule has 1 aliphatic rings. The normalized spacial score (nSPS) is 15.4. The van der Waals surface area contributed by atoms with E-state index in [4.69, 9.17) is 0 Å². The van der Waals surface area contributed by atoms with E-state index in [2.05, 4.69) is 139 Å². The fraction of sp³-hybridized carbons (Fsp3) is 0.310. The minimum absolute atomic E-state index is 0.271. The summed E-state index contributed by atoms with van der Waals surface area (Å²) in [6, 6.07) is 28.5. The molecule has 4 rings (SSSR count). The maximum absolute atomic E-state index is 2.58. The van der Waals surface area contributed by atoms with E-state index in [-0.39, 0.29) is 6.17 Å². The predicted molar refractivity (Wildman–Crippen MR) is 142 cm³/mol. The average Bonchev–Trinajstić information content (AvgIpc) is 3.19. The molecule has 0 aromatic heterocycles. The summed E-state index contributed by atoms with van der Waals surface area (Å²) in [5.74, 6) is 0. The Labute approximate surface area is 199 Å². The lowest BCUT2D eigenvalue weighted by Gasteiger charge is -2.28. The zero-order chi connectivity index (χ0) is 23.2. The quantitative estimate of drug-likeness (QED) is 0.479. The lowest BCUT2D eigenvalue weighted by atomic mass is 10.1. The SMILES string of the molecule is CN(C)c1ccc(CN2CCN(Cc3ccc(N(C)C)cc3)C2/C=C/c2ccccc2)cc1. The summed E-state index contributed by atoms with van der Waals surface area (Å²) in [4.78, 5) is 9.46. The first kappa shape index (κ1) is 23.1. The van der Waals surface area contributed by atoms with Crippen LogP contribution in [0.25, 0.3) is 6.08 Å². The van der Waals surface area contributed by atoms with Crippen LogP contribution in [0, 0.1) is 0 Å². The third kappa shape index (κ3) is 6.04. The van der Waals surface area contributed by atoms with Crippen molar-refractivity contribution in [3.63, 3.8) is 0 Å². The van der Waals surface area contributed by atoms with Crippen LogP contribution in [0.1, 0.15) is 16.7 Å². The second-order valence-electron chi connectivity index (χ2n) is 9.25. The fourth-order valence-electron chi connectivity index (χ4n) is 4.37. The van der Waals surface area contributed by atoms with Crippen LogP contribution in [-0.2, 0) is 13.1 Å². The highest BCUT2D eigenvalue weighted by atomic mass is 15.4. The molecule has 1 fully saturated rings. The Balaban J connectivity index is 1.52. The Kier molecular flexibility index (Phi) is 7.48. The Hall–Kier alpha value is -3.08. The predicted octanol–water partition coefficient (Wildman–Crippen LogP) is 5.18. The number of hydrogen-bond donors (Lipinski definition) is 0. The fourth-order valence-corrected chi connectivity index (χ4v) is 4.37. The molecule has 0 unspecified atom stereocenters. The van der Waals surface area contributed by atoms with Gasteiger partial charge in [-0.3, -0.25) is 9.80 Å². The van der Waals surface area contributed by atoms with Crippen LogP contribution in [0.3, 0.4) is 0 Å². The number of hydrogen-bond acceptors (Lipinski definition) is 4. The van der Waals surface area contributed by atoms with E-state index in [1.807, 2.05) is 0 Å². The van der Waals surface area contributed by atoms with Crippen LogP contribution in [0.5, 0.6) is 0 Å². The van der Waals surface area contributed by atoms with Gasteiger partial charge in [0.2, 0.25) is 0 Å². The lowest BCUT2D eigenvalue weighted by molar-refractivity contribution is 0.168. The molecule has 172 valence electrons. The molecule has 0 aliphatic carbocycles. The van der Waals surface area contributed by atoms with Gasteiger partial charge in [0, 0.05) is 65.7 Å². The lowest BCUT2D eigenvalue weighted by Crippen LogP contribution is -2.36. The Morgan fingerprint density at radius 2 is 1.12 bits per heavy atom. The van der Waals surface area contributed by atoms with Gasteiger partial charge in [-0.15, -0.1) is 0 Å². The number of rotatable bonds is 8. The maximum Gasteiger partial charge on any atom is 0.0824 e. The molecule has 1 heterocycles. The zero-order valence-electron chi connectivity index (χ0n) is 20.4. The van der Waals surface area contributed by atoms with Crippen molar-refractivity contribution in [2.75, 3.05) is 51.1 Å². The van der Waals surface area contributed by atoms with E-state index in [1.54, 1.807) is 0 Å². The van der Waals surface area contributed by atoms with Crippen molar-refractivity contribution in [3.05, 3.63) is 102 Å². The standard InChI is InChI=1S/C29H36N4/c1-30(2)27-15-10-25(11-16-27)22-32-20-21-33(23-26-12-17-28(18-13-26)31(3)4)29(32)19-14-24-8-6-5-7-9-24/h5-19,29H,20-23H2,1-4H3/b19-14+. The van der Waals surface area contributed by atoms with Gasteiger partial charge in [0.05, 0.1) is 6.17 Å². The van der Waals surface area contributed by atoms with E-state index < -0.39 is 0 Å². The van der Waals surface area contributed by atoms with Crippen molar-refractivity contribution >= 4 is 17.5 Å². The zero-order valence-corrected chi connectivity index (χ0v) is 20.4. The Bertz CT molecular complexity index is 962. The van der Waals surface area contributed by atoms with Crippen LogP contribution in [-0.4, -0.2) is 57.2 Å². The summed E-state index contributed by atoms with van der Waals surface area (Å²) in [6.07, 6.45) is 4.90. The highest BCUT2D eigenvalue weighted by Gasteiger charge is 2.30. The maximum atomic E-state index is 2.58. The molecule has 0 radical (unpaired) electrons. The van der Waals surface area contributed by atoms with Crippen molar-refractivity contribution in [1.29, 1.82) is 0 Å². The van der Waals surface area contributed by atoms with Gasteiger partial charge in [0.15, 0.2) is 0 Å². The molecular formula is C29H36N4. The van der Waals surface area contributed by atoms with Crippen LogP contribution >= 0.6 is 0 Å². The van der Waals surface area contributed by atoms with E-state index in [1.165, 1.54) is 28.1 Å². The molecule has 3 aromatic carbocycles. The van der Waals surface area contributed by atoms with Gasteiger partial charge >= 0.3 is 0 Å². The first-order valence-corrected chi connectivity index (χ1v) is 11.7. The van der Waals surface area contributed by atoms with Crippen molar-refractivity contribution in [2.24, 2.45) is 0 Å². The van der Waals surface area contributed by atoms with Crippen LogP contribution < -0.4 is 9.80 Å². The molecule has 1 aliphatic heterocycles. The van der Waals surface area contributed by atoms with Crippen molar-refractivity contribution in [3.8, 4) is 0 Å². The number of benzene rings is 3. The third-order valence-corrected chi connectivity index (χ3v) is 6.36. The van der Waals surface area contributed by atoms with Gasteiger partial charge in [0.1, 0.15) is 0 Å². The second kappa shape index (κ2) is 10.7. The number of nitrogens with zero attached hydrogens (tertiary/aromatic N) is 4. The molecule has 0 atom stereocenters. The summed E-state index contributed by atoms with van der Waals surface area (Å²) >= 11 is 0. The molecular weight excluding hydrogens is 404 g/mol. The first-order valence-electron chi connectivity index (χ1n) is 11.7. The molecule has 0 N–H and O–H groups in total. The topological polar surface area (TPSA) is 13.0 Å². The molecule has 0 amide bonds. The van der Waals surface area contributed by atoms with Gasteiger partial charge in [0.25, 0.3) is 0 Å². The second-order valence-corrected chi connectivity index (χ2v) is 9.25. The molecule has 0 saturated carbocycles. The summed E-state index contributed by atoms with van der Waals surface area (Å²) in [5.41, 5.74) is 6.44. The first-order chi connectivity index (χ1) is 16.0. The van der Waals surface area contributed by atoms with Crippen LogP contribution in [0.15, 0.2) is 84.9 Å². The smallest absolute Gasteiger partial charge is 0.0824 e. The number of anilines is 2. The van der Waals surface area contributed by atoms with Gasteiger partial charge in [-0.05, 0) is 41.0 Å². The van der Waals surface area contributed by atoms with Gasteiger partial charge in [-0.2, -0.15) is 0 Å². The van der Waals surface area contributed by atoms with Crippen LogP contribution in [0.4, 0.5) is 11.4 Å².